The van der Waals surface area contributed by atoms with Crippen LogP contribution in [0, 0.1) is 0 Å². The molecule has 0 unspecified atom stereocenters. The molecule has 7 heteroatoms. The molecule has 0 saturated heterocycles. The Bertz CT molecular complexity index is 940. The number of nitrogens with zero attached hydrogens (tertiary/aromatic N) is 1. The van der Waals surface area contributed by atoms with E-state index in [1.807, 2.05) is 38.1 Å². The summed E-state index contributed by atoms with van der Waals surface area (Å²) in [6.07, 6.45) is 0.0207. The molecule has 1 aliphatic rings. The number of methoxy groups -OCH3 is 1. The van der Waals surface area contributed by atoms with Gasteiger partial charge < -0.3 is 9.47 Å². The number of carbonyl (C=O) groups is 2. The molecule has 5 nitrogen and oxygen atoms in total. The van der Waals surface area contributed by atoms with Gasteiger partial charge in [0.2, 0.25) is 0 Å². The number of carbonyl (C=O) groups excluding carboxylic acids is 2. The van der Waals surface area contributed by atoms with Crippen molar-refractivity contribution in [3.05, 3.63) is 64.0 Å². The maximum atomic E-state index is 13.2. The highest BCUT2D eigenvalue weighted by Gasteiger charge is 2.40. The van der Waals surface area contributed by atoms with Gasteiger partial charge in [-0.1, -0.05) is 41.6 Å². The summed E-state index contributed by atoms with van der Waals surface area (Å²) in [4.78, 5) is 28.8. The van der Waals surface area contributed by atoms with Crippen LogP contribution in [0.1, 0.15) is 19.4 Å². The van der Waals surface area contributed by atoms with E-state index in [9.17, 15) is 9.59 Å². The van der Waals surface area contributed by atoms with Gasteiger partial charge in [0.25, 0.3) is 11.8 Å². The van der Waals surface area contributed by atoms with Gasteiger partial charge in [0, 0.05) is 15.5 Å². The Balaban J connectivity index is 2.00. The van der Waals surface area contributed by atoms with Crippen LogP contribution in [0.3, 0.4) is 0 Å². The lowest BCUT2D eigenvalue weighted by molar-refractivity contribution is -0.137. The van der Waals surface area contributed by atoms with Crippen molar-refractivity contribution in [3.63, 3.8) is 0 Å². The largest absolute Gasteiger partial charge is 0.496 e. The highest BCUT2D eigenvalue weighted by Crippen LogP contribution is 2.42. The Morgan fingerprint density at radius 3 is 2.38 bits per heavy atom. The van der Waals surface area contributed by atoms with Crippen LogP contribution in [-0.2, 0) is 14.3 Å². The molecule has 2 aromatic rings. The number of amides is 2. The molecule has 0 aromatic heterocycles. The van der Waals surface area contributed by atoms with Crippen molar-refractivity contribution >= 4 is 40.8 Å². The molecular weight excluding hydrogens is 410 g/mol. The fraction of sp³-hybridized carbons (Fsp3) is 0.273. The topological polar surface area (TPSA) is 55.8 Å². The van der Waals surface area contributed by atoms with Gasteiger partial charge in [-0.25, -0.2) is 0 Å². The Morgan fingerprint density at radius 1 is 1.03 bits per heavy atom. The van der Waals surface area contributed by atoms with Crippen molar-refractivity contribution in [2.24, 2.45) is 0 Å². The molecule has 0 N–H and O–H groups in total. The average molecular weight is 432 g/mol. The van der Waals surface area contributed by atoms with Gasteiger partial charge in [-0.3, -0.25) is 14.5 Å². The number of thioether (sulfide) groups is 1. The second kappa shape index (κ2) is 9.48. The first kappa shape index (κ1) is 21.4. The summed E-state index contributed by atoms with van der Waals surface area (Å²) in [6.45, 7) is 4.30. The van der Waals surface area contributed by atoms with Gasteiger partial charge >= 0.3 is 0 Å². The van der Waals surface area contributed by atoms with Gasteiger partial charge in [0.1, 0.15) is 5.75 Å². The van der Waals surface area contributed by atoms with Crippen molar-refractivity contribution in [1.82, 2.24) is 4.90 Å². The molecule has 0 spiro atoms. The number of imide groups is 1. The number of rotatable bonds is 8. The zero-order valence-corrected chi connectivity index (χ0v) is 18.0. The third kappa shape index (κ3) is 4.83. The standard InChI is InChI=1S/C22H22ClNO4S/c1-14(2)28-13-12-24-21(25)19(17-6-4-5-7-18(17)27-3)20(22(24)26)29-16-10-8-15(23)9-11-16/h4-11,14H,12-13H2,1-3H3. The second-order valence-corrected chi connectivity index (χ2v) is 8.16. The number of para-hydroxylation sites is 1. The predicted molar refractivity (Wildman–Crippen MR) is 115 cm³/mol. The van der Waals surface area contributed by atoms with Gasteiger partial charge in [0.15, 0.2) is 0 Å². The van der Waals surface area contributed by atoms with Gasteiger partial charge in [-0.15, -0.1) is 0 Å². The normalized spacial score (nSPS) is 14.3. The molecule has 3 rings (SSSR count). The van der Waals surface area contributed by atoms with Crippen molar-refractivity contribution in [2.45, 2.75) is 24.8 Å². The molecule has 1 aliphatic heterocycles. The van der Waals surface area contributed by atoms with Gasteiger partial charge in [-0.2, -0.15) is 0 Å². The monoisotopic (exact) mass is 431 g/mol. The van der Waals surface area contributed by atoms with Crippen LogP contribution >= 0.6 is 23.4 Å². The average Bonchev–Trinajstić information content (AvgIpc) is 2.93. The lowest BCUT2D eigenvalue weighted by Gasteiger charge is -2.16. The number of hydrogen-bond donors (Lipinski definition) is 0. The quantitative estimate of drug-likeness (QED) is 0.569. The lowest BCUT2D eigenvalue weighted by Crippen LogP contribution is -2.35. The third-order valence-corrected chi connectivity index (χ3v) is 5.64. The summed E-state index contributed by atoms with van der Waals surface area (Å²) < 4.78 is 11.0. The minimum atomic E-state index is -0.344. The minimum Gasteiger partial charge on any atom is -0.496 e. The highest BCUT2D eigenvalue weighted by molar-refractivity contribution is 8.04. The van der Waals surface area contributed by atoms with E-state index >= 15 is 0 Å². The molecule has 152 valence electrons. The fourth-order valence-corrected chi connectivity index (χ4v) is 4.07. The van der Waals surface area contributed by atoms with E-state index in [1.165, 1.54) is 16.7 Å². The zero-order valence-electron chi connectivity index (χ0n) is 16.5. The summed E-state index contributed by atoms with van der Waals surface area (Å²) in [5.74, 6) is -0.135. The van der Waals surface area contributed by atoms with E-state index in [2.05, 4.69) is 0 Å². The molecule has 2 aromatic carbocycles. The van der Waals surface area contributed by atoms with Gasteiger partial charge in [0.05, 0.1) is 36.8 Å². The van der Waals surface area contributed by atoms with Crippen molar-refractivity contribution in [3.8, 4) is 5.75 Å². The summed E-state index contributed by atoms with van der Waals surface area (Å²) in [7, 11) is 1.54. The summed E-state index contributed by atoms with van der Waals surface area (Å²) >= 11 is 7.22. The van der Waals surface area contributed by atoms with E-state index in [-0.39, 0.29) is 31.1 Å². The van der Waals surface area contributed by atoms with E-state index in [0.717, 1.165) is 4.90 Å². The maximum Gasteiger partial charge on any atom is 0.268 e. The molecule has 0 fully saturated rings. The van der Waals surface area contributed by atoms with Crippen LogP contribution in [0.2, 0.25) is 5.02 Å². The summed E-state index contributed by atoms with van der Waals surface area (Å²) in [5, 5.41) is 0.606. The molecule has 0 atom stereocenters. The predicted octanol–water partition coefficient (Wildman–Crippen LogP) is 4.65. The number of ether oxygens (including phenoxy) is 2. The third-order valence-electron chi connectivity index (χ3n) is 4.30. The van der Waals surface area contributed by atoms with Crippen molar-refractivity contribution in [1.29, 1.82) is 0 Å². The van der Waals surface area contributed by atoms with Crippen molar-refractivity contribution in [2.75, 3.05) is 20.3 Å². The first-order valence-corrected chi connectivity index (χ1v) is 10.4. The van der Waals surface area contributed by atoms with E-state index < -0.39 is 0 Å². The molecule has 0 bridgehead atoms. The van der Waals surface area contributed by atoms with Crippen LogP contribution in [-0.4, -0.2) is 43.1 Å². The molecule has 29 heavy (non-hydrogen) atoms. The minimum absolute atomic E-state index is 0.0207. The van der Waals surface area contributed by atoms with Crippen molar-refractivity contribution < 1.29 is 19.1 Å². The SMILES string of the molecule is COc1ccccc1C1=C(Sc2ccc(Cl)cc2)C(=O)N(CCOC(C)C)C1=O. The van der Waals surface area contributed by atoms with E-state index in [4.69, 9.17) is 21.1 Å². The smallest absolute Gasteiger partial charge is 0.268 e. The zero-order chi connectivity index (χ0) is 21.0. The molecule has 1 heterocycles. The highest BCUT2D eigenvalue weighted by atomic mass is 35.5. The molecule has 0 radical (unpaired) electrons. The Hall–Kier alpha value is -2.28. The van der Waals surface area contributed by atoms with Gasteiger partial charge in [-0.05, 0) is 44.2 Å². The fourth-order valence-electron chi connectivity index (χ4n) is 2.94. The molecule has 2 amide bonds. The number of benzene rings is 2. The van der Waals surface area contributed by atoms with Crippen LogP contribution < -0.4 is 4.74 Å². The number of hydrogen-bond acceptors (Lipinski definition) is 5. The maximum absolute atomic E-state index is 13.2. The second-order valence-electron chi connectivity index (χ2n) is 6.64. The first-order chi connectivity index (χ1) is 13.9. The van der Waals surface area contributed by atoms with E-state index in [0.29, 0.717) is 26.8 Å². The Morgan fingerprint density at radius 2 is 1.72 bits per heavy atom. The Kier molecular flexibility index (Phi) is 7.00. The summed E-state index contributed by atoms with van der Waals surface area (Å²) in [6, 6.07) is 14.4. The van der Waals surface area contributed by atoms with Crippen LogP contribution in [0.5, 0.6) is 5.75 Å². The molecule has 0 saturated carbocycles. The number of halogens is 1. The Labute approximate surface area is 179 Å². The summed E-state index contributed by atoms with van der Waals surface area (Å²) in [5.41, 5.74) is 0.939. The van der Waals surface area contributed by atoms with Crippen LogP contribution in [0.4, 0.5) is 0 Å². The molecule has 0 aliphatic carbocycles. The van der Waals surface area contributed by atoms with Crippen LogP contribution in [0.15, 0.2) is 58.3 Å². The van der Waals surface area contributed by atoms with E-state index in [1.54, 1.807) is 31.4 Å². The first-order valence-electron chi connectivity index (χ1n) is 9.21. The van der Waals surface area contributed by atoms with Crippen LogP contribution in [0.25, 0.3) is 5.57 Å². The molecular formula is C22H22ClNO4S. The lowest BCUT2D eigenvalue weighted by atomic mass is 10.1.